The van der Waals surface area contributed by atoms with Crippen LogP contribution in [0, 0.1) is 5.92 Å². The van der Waals surface area contributed by atoms with Crippen LogP contribution >= 0.6 is 0 Å². The van der Waals surface area contributed by atoms with Crippen LogP contribution in [0.1, 0.15) is 57.1 Å². The lowest BCUT2D eigenvalue weighted by atomic mass is 9.84. The second-order valence-electron chi connectivity index (χ2n) is 8.34. The molecule has 0 aromatic heterocycles. The van der Waals surface area contributed by atoms with Gasteiger partial charge in [0.05, 0.1) is 20.3 Å². The summed E-state index contributed by atoms with van der Waals surface area (Å²) in [5.41, 5.74) is 1.02. The van der Waals surface area contributed by atoms with Crippen LogP contribution in [0.3, 0.4) is 0 Å². The summed E-state index contributed by atoms with van der Waals surface area (Å²) in [6, 6.07) is 7.51. The van der Waals surface area contributed by atoms with Gasteiger partial charge in [-0.05, 0) is 42.7 Å². The number of ether oxygens (including phenoxy) is 1. The van der Waals surface area contributed by atoms with Gasteiger partial charge in [-0.3, -0.25) is 14.5 Å². The Hall–Kier alpha value is -2.41. The van der Waals surface area contributed by atoms with E-state index in [1.54, 1.807) is 0 Å². The Morgan fingerprint density at radius 2 is 1.97 bits per heavy atom. The molecule has 7 heteroatoms. The van der Waals surface area contributed by atoms with Crippen LogP contribution in [0.4, 0.5) is 4.79 Å². The van der Waals surface area contributed by atoms with Crippen LogP contribution in [0.2, 0.25) is 0 Å². The first-order valence-corrected chi connectivity index (χ1v) is 11.0. The van der Waals surface area contributed by atoms with Gasteiger partial charge < -0.3 is 10.1 Å². The number of hydrogen-bond acceptors (Lipinski definition) is 5. The minimum absolute atomic E-state index is 0.0493. The second kappa shape index (κ2) is 9.60. The van der Waals surface area contributed by atoms with Gasteiger partial charge >= 0.3 is 12.0 Å². The number of hydrogen-bond donors (Lipinski definition) is 1. The molecule has 0 saturated carbocycles. The van der Waals surface area contributed by atoms with E-state index in [0.717, 1.165) is 43.2 Å². The number of carbonyl (C=O) groups excluding carboxylic acids is 3. The third-order valence-electron chi connectivity index (χ3n) is 6.49. The molecule has 1 aliphatic heterocycles. The predicted octanol–water partition coefficient (Wildman–Crippen LogP) is 3.03. The van der Waals surface area contributed by atoms with Crippen molar-refractivity contribution >= 4 is 17.9 Å². The minimum Gasteiger partial charge on any atom is -0.468 e. The van der Waals surface area contributed by atoms with Gasteiger partial charge in [0.1, 0.15) is 5.54 Å². The maximum Gasteiger partial charge on any atom is 0.326 e. The first kappa shape index (κ1) is 22.3. The Balaban J connectivity index is 1.86. The molecule has 3 amide bonds. The molecular weight excluding hydrogens is 382 g/mol. The fourth-order valence-corrected chi connectivity index (χ4v) is 4.63. The zero-order valence-electron chi connectivity index (χ0n) is 18.3. The van der Waals surface area contributed by atoms with Gasteiger partial charge in [-0.25, -0.2) is 9.69 Å². The second-order valence-corrected chi connectivity index (χ2v) is 8.34. The first-order valence-electron chi connectivity index (χ1n) is 11.0. The summed E-state index contributed by atoms with van der Waals surface area (Å²) in [4.78, 5) is 41.6. The lowest BCUT2D eigenvalue weighted by molar-refractivity contribution is -0.144. The molecule has 0 radical (unpaired) electrons. The van der Waals surface area contributed by atoms with E-state index >= 15 is 0 Å². The van der Waals surface area contributed by atoms with E-state index in [4.69, 9.17) is 4.74 Å². The molecule has 1 unspecified atom stereocenters. The number of carbonyl (C=O) groups is 3. The quantitative estimate of drug-likeness (QED) is 0.522. The molecule has 1 saturated heterocycles. The summed E-state index contributed by atoms with van der Waals surface area (Å²) in [7, 11) is 1.35. The number of nitrogens with one attached hydrogen (secondary N) is 1. The van der Waals surface area contributed by atoms with Gasteiger partial charge in [-0.2, -0.15) is 0 Å². The minimum atomic E-state index is -1.00. The molecule has 1 heterocycles. The van der Waals surface area contributed by atoms with E-state index in [1.165, 1.54) is 12.0 Å². The maximum atomic E-state index is 13.6. The number of amides is 3. The maximum absolute atomic E-state index is 13.6. The standard InChI is InChI=1S/C23H33N3O4/c1-4-17(5-2)14-25(15-20(27)30-3)16-26-21(28)23(24-22(26)29)13-9-8-11-18-10-6-7-12-19(18)23/h6-7,10,12,17H,4-5,8-9,11,13-16H2,1-3H3,(H,24,29). The number of aryl methyl sites for hydroxylation is 1. The molecule has 1 fully saturated rings. The van der Waals surface area contributed by atoms with E-state index in [0.29, 0.717) is 18.9 Å². The molecular formula is C23H33N3O4. The van der Waals surface area contributed by atoms with Crippen molar-refractivity contribution in [3.63, 3.8) is 0 Å². The van der Waals surface area contributed by atoms with Crippen LogP contribution in [0.15, 0.2) is 24.3 Å². The Morgan fingerprint density at radius 3 is 2.67 bits per heavy atom. The Labute approximate surface area is 178 Å². The number of methoxy groups -OCH3 is 1. The predicted molar refractivity (Wildman–Crippen MR) is 114 cm³/mol. The zero-order chi connectivity index (χ0) is 21.7. The summed E-state index contributed by atoms with van der Waals surface area (Å²) in [5, 5.41) is 3.01. The van der Waals surface area contributed by atoms with Crippen molar-refractivity contribution in [1.29, 1.82) is 0 Å². The molecule has 7 nitrogen and oxygen atoms in total. The van der Waals surface area contributed by atoms with Gasteiger partial charge in [-0.15, -0.1) is 0 Å². The van der Waals surface area contributed by atoms with Crippen molar-refractivity contribution in [2.24, 2.45) is 5.92 Å². The van der Waals surface area contributed by atoms with E-state index in [1.807, 2.05) is 29.2 Å². The topological polar surface area (TPSA) is 79.0 Å². The van der Waals surface area contributed by atoms with Crippen LogP contribution in [-0.2, 0) is 26.3 Å². The van der Waals surface area contributed by atoms with Crippen molar-refractivity contribution in [3.8, 4) is 0 Å². The van der Waals surface area contributed by atoms with Crippen molar-refractivity contribution < 1.29 is 19.1 Å². The number of rotatable bonds is 8. The third-order valence-corrected chi connectivity index (χ3v) is 6.49. The first-order chi connectivity index (χ1) is 14.4. The lowest BCUT2D eigenvalue weighted by Crippen LogP contribution is -2.47. The molecule has 1 atom stereocenters. The highest BCUT2D eigenvalue weighted by Crippen LogP contribution is 2.39. The number of imide groups is 1. The Kier molecular flexibility index (Phi) is 7.13. The average molecular weight is 416 g/mol. The van der Waals surface area contributed by atoms with E-state index in [2.05, 4.69) is 19.2 Å². The fraction of sp³-hybridized carbons (Fsp3) is 0.609. The molecule has 2 aliphatic rings. The molecule has 1 aromatic carbocycles. The van der Waals surface area contributed by atoms with Crippen LogP contribution < -0.4 is 5.32 Å². The SMILES string of the molecule is CCC(CC)CN(CC(=O)OC)CN1C(=O)NC2(CCCCc3ccccc32)C1=O. The van der Waals surface area contributed by atoms with E-state index in [9.17, 15) is 14.4 Å². The summed E-state index contributed by atoms with van der Waals surface area (Å²) in [5.74, 6) is -0.216. The normalized spacial score (nSPS) is 21.2. The molecule has 1 aromatic rings. The molecule has 0 bridgehead atoms. The highest BCUT2D eigenvalue weighted by Gasteiger charge is 2.53. The van der Waals surface area contributed by atoms with Crippen molar-refractivity contribution in [2.75, 3.05) is 26.9 Å². The molecule has 1 spiro atoms. The molecule has 1 aliphatic carbocycles. The summed E-state index contributed by atoms with van der Waals surface area (Å²) in [6.07, 6.45) is 5.29. The summed E-state index contributed by atoms with van der Waals surface area (Å²) < 4.78 is 4.84. The van der Waals surface area contributed by atoms with Gasteiger partial charge in [-0.1, -0.05) is 51.0 Å². The summed E-state index contributed by atoms with van der Waals surface area (Å²) >= 11 is 0. The molecule has 1 N–H and O–H groups in total. The van der Waals surface area contributed by atoms with E-state index < -0.39 is 11.6 Å². The number of fused-ring (bicyclic) bond motifs is 2. The molecule has 164 valence electrons. The third kappa shape index (κ3) is 4.36. The van der Waals surface area contributed by atoms with Crippen LogP contribution in [0.5, 0.6) is 0 Å². The van der Waals surface area contributed by atoms with Gasteiger partial charge in [0, 0.05) is 6.54 Å². The lowest BCUT2D eigenvalue weighted by Gasteiger charge is -2.30. The number of benzene rings is 1. The van der Waals surface area contributed by atoms with Gasteiger partial charge in [0.25, 0.3) is 5.91 Å². The number of nitrogens with zero attached hydrogens (tertiary/aromatic N) is 2. The van der Waals surface area contributed by atoms with Crippen molar-refractivity contribution in [3.05, 3.63) is 35.4 Å². The monoisotopic (exact) mass is 415 g/mol. The van der Waals surface area contributed by atoms with E-state index in [-0.39, 0.29) is 25.1 Å². The average Bonchev–Trinajstić information content (AvgIpc) is 2.89. The highest BCUT2D eigenvalue weighted by molar-refractivity contribution is 6.07. The summed E-state index contributed by atoms with van der Waals surface area (Å²) in [6.45, 7) is 4.97. The number of urea groups is 1. The Morgan fingerprint density at radius 1 is 1.23 bits per heavy atom. The van der Waals surface area contributed by atoms with Gasteiger partial charge in [0.2, 0.25) is 0 Å². The van der Waals surface area contributed by atoms with Crippen molar-refractivity contribution in [2.45, 2.75) is 57.9 Å². The van der Waals surface area contributed by atoms with Crippen molar-refractivity contribution in [1.82, 2.24) is 15.1 Å². The molecule has 30 heavy (non-hydrogen) atoms. The number of esters is 1. The highest BCUT2D eigenvalue weighted by atomic mass is 16.5. The zero-order valence-corrected chi connectivity index (χ0v) is 18.3. The smallest absolute Gasteiger partial charge is 0.326 e. The van der Waals surface area contributed by atoms with Crippen LogP contribution in [0.25, 0.3) is 0 Å². The van der Waals surface area contributed by atoms with Gasteiger partial charge in [0.15, 0.2) is 0 Å². The molecule has 3 rings (SSSR count). The van der Waals surface area contributed by atoms with Crippen LogP contribution in [-0.4, -0.2) is 54.6 Å². The largest absolute Gasteiger partial charge is 0.468 e. The Bertz CT molecular complexity index is 792. The fourth-order valence-electron chi connectivity index (χ4n) is 4.63.